The van der Waals surface area contributed by atoms with Gasteiger partial charge in [0.2, 0.25) is 0 Å². The SMILES string of the molecule is Cc1c[nH]c2ncc(-c3cc4c(c([C@@H]5CCCN5C(=O)OC(C)(C)C)c3)CN(C3(C(=O)O)CC3)CC4)cc12. The number of hydrogen-bond acceptors (Lipinski definition) is 5. The van der Waals surface area contributed by atoms with Crippen molar-refractivity contribution in [3.8, 4) is 11.1 Å². The van der Waals surface area contributed by atoms with Crippen molar-refractivity contribution in [1.82, 2.24) is 19.8 Å². The topological polar surface area (TPSA) is 98.8 Å². The minimum Gasteiger partial charge on any atom is -0.480 e. The molecule has 1 saturated carbocycles. The zero-order valence-corrected chi connectivity index (χ0v) is 22.6. The van der Waals surface area contributed by atoms with Crippen LogP contribution in [0.4, 0.5) is 4.79 Å². The van der Waals surface area contributed by atoms with Crippen LogP contribution in [0.5, 0.6) is 0 Å². The Bertz CT molecular complexity index is 1430. The molecule has 4 heterocycles. The van der Waals surface area contributed by atoms with Crippen LogP contribution in [0.15, 0.2) is 30.6 Å². The molecule has 38 heavy (non-hydrogen) atoms. The lowest BCUT2D eigenvalue weighted by Crippen LogP contribution is -2.46. The molecule has 0 radical (unpaired) electrons. The third-order valence-corrected chi connectivity index (χ3v) is 8.41. The molecule has 3 aromatic rings. The number of benzene rings is 1. The van der Waals surface area contributed by atoms with Gasteiger partial charge in [-0.1, -0.05) is 6.07 Å². The Morgan fingerprint density at radius 3 is 2.66 bits per heavy atom. The molecule has 3 aliphatic rings. The zero-order chi connectivity index (χ0) is 26.8. The molecule has 2 N–H and O–H groups in total. The quantitative estimate of drug-likeness (QED) is 0.469. The standard InChI is InChI=1S/C30H36N4O4/c1-18-15-31-26-22(18)14-21(16-32-26)20-12-19-7-11-33(30(8-9-30)27(35)36)17-24(19)23(13-20)25-6-5-10-34(25)28(37)38-29(2,3)4/h12-16,25H,5-11,17H2,1-4H3,(H,31,32)(H,35,36)/t25-/m0/s1. The second kappa shape index (κ2) is 8.83. The number of carbonyl (C=O) groups excluding carboxylic acids is 1. The number of H-pyrrole nitrogens is 1. The Morgan fingerprint density at radius 2 is 1.95 bits per heavy atom. The van der Waals surface area contributed by atoms with Gasteiger partial charge in [0.1, 0.15) is 16.8 Å². The molecule has 2 aromatic heterocycles. The van der Waals surface area contributed by atoms with Crippen molar-refractivity contribution in [3.05, 3.63) is 52.8 Å². The molecule has 2 aliphatic heterocycles. The highest BCUT2D eigenvalue weighted by Crippen LogP contribution is 2.47. The van der Waals surface area contributed by atoms with E-state index in [9.17, 15) is 14.7 Å². The van der Waals surface area contributed by atoms with Crippen LogP contribution in [0.25, 0.3) is 22.2 Å². The van der Waals surface area contributed by atoms with Gasteiger partial charge in [-0.3, -0.25) is 9.69 Å². The van der Waals surface area contributed by atoms with E-state index in [-0.39, 0.29) is 12.1 Å². The number of aromatic amines is 1. The van der Waals surface area contributed by atoms with E-state index in [4.69, 9.17) is 4.74 Å². The molecule has 1 aliphatic carbocycles. The van der Waals surface area contributed by atoms with Crippen LogP contribution in [-0.2, 0) is 22.5 Å². The highest BCUT2D eigenvalue weighted by atomic mass is 16.6. The molecule has 1 amide bonds. The third kappa shape index (κ3) is 4.25. The van der Waals surface area contributed by atoms with E-state index in [0.29, 0.717) is 25.9 Å². The first kappa shape index (κ1) is 24.9. The van der Waals surface area contributed by atoms with E-state index in [1.807, 2.05) is 38.1 Å². The molecule has 0 bridgehead atoms. The van der Waals surface area contributed by atoms with Crippen LogP contribution in [0, 0.1) is 6.92 Å². The Kier molecular flexibility index (Phi) is 5.79. The Balaban J connectivity index is 1.44. The van der Waals surface area contributed by atoms with E-state index in [2.05, 4.69) is 40.0 Å². The predicted molar refractivity (Wildman–Crippen MR) is 145 cm³/mol. The Labute approximate surface area is 223 Å². The van der Waals surface area contributed by atoms with E-state index in [1.165, 1.54) is 11.1 Å². The van der Waals surface area contributed by atoms with Gasteiger partial charge in [0.15, 0.2) is 0 Å². The molecule has 2 fully saturated rings. The van der Waals surface area contributed by atoms with Crippen LogP contribution in [0.2, 0.25) is 0 Å². The molecule has 0 unspecified atom stereocenters. The first-order valence-electron chi connectivity index (χ1n) is 13.6. The van der Waals surface area contributed by atoms with Gasteiger partial charge in [-0.15, -0.1) is 0 Å². The molecule has 6 rings (SSSR count). The van der Waals surface area contributed by atoms with Crippen molar-refractivity contribution in [3.63, 3.8) is 0 Å². The Morgan fingerprint density at radius 1 is 1.16 bits per heavy atom. The monoisotopic (exact) mass is 516 g/mol. The van der Waals surface area contributed by atoms with Gasteiger partial charge >= 0.3 is 12.1 Å². The maximum absolute atomic E-state index is 13.2. The van der Waals surface area contributed by atoms with Gasteiger partial charge in [0.25, 0.3) is 0 Å². The molecular weight excluding hydrogens is 480 g/mol. The van der Waals surface area contributed by atoms with Crippen molar-refractivity contribution in [1.29, 1.82) is 0 Å². The summed E-state index contributed by atoms with van der Waals surface area (Å²) in [5.41, 5.74) is 6.34. The Hall–Kier alpha value is -3.39. The summed E-state index contributed by atoms with van der Waals surface area (Å²) in [4.78, 5) is 37.3. The summed E-state index contributed by atoms with van der Waals surface area (Å²) >= 11 is 0. The van der Waals surface area contributed by atoms with Gasteiger partial charge in [0, 0.05) is 43.0 Å². The molecule has 1 aromatic carbocycles. The number of aromatic nitrogens is 2. The number of fused-ring (bicyclic) bond motifs is 2. The number of hydrogen-bond donors (Lipinski definition) is 2. The van der Waals surface area contributed by atoms with Crippen LogP contribution >= 0.6 is 0 Å². The van der Waals surface area contributed by atoms with Gasteiger partial charge in [-0.2, -0.15) is 0 Å². The van der Waals surface area contributed by atoms with Crippen LogP contribution in [-0.4, -0.2) is 61.2 Å². The summed E-state index contributed by atoms with van der Waals surface area (Å²) in [6.45, 7) is 9.71. The van der Waals surface area contributed by atoms with Crippen molar-refractivity contribution >= 4 is 23.1 Å². The van der Waals surface area contributed by atoms with Gasteiger partial charge in [0.05, 0.1) is 6.04 Å². The number of rotatable bonds is 4. The summed E-state index contributed by atoms with van der Waals surface area (Å²) in [5.74, 6) is -0.725. The largest absolute Gasteiger partial charge is 0.480 e. The molecule has 1 saturated heterocycles. The predicted octanol–water partition coefficient (Wildman–Crippen LogP) is 5.59. The van der Waals surface area contributed by atoms with E-state index in [0.717, 1.165) is 59.1 Å². The summed E-state index contributed by atoms with van der Waals surface area (Å²) in [7, 11) is 0. The summed E-state index contributed by atoms with van der Waals surface area (Å²) in [6, 6.07) is 6.53. The molecule has 8 nitrogen and oxygen atoms in total. The lowest BCUT2D eigenvalue weighted by molar-refractivity contribution is -0.145. The lowest BCUT2D eigenvalue weighted by Gasteiger charge is -2.37. The molecule has 1 atom stereocenters. The number of carbonyl (C=O) groups is 2. The van der Waals surface area contributed by atoms with Gasteiger partial charge in [-0.25, -0.2) is 9.78 Å². The molecule has 8 heteroatoms. The fourth-order valence-electron chi connectivity index (χ4n) is 6.23. The minimum absolute atomic E-state index is 0.107. The lowest BCUT2D eigenvalue weighted by atomic mass is 9.86. The number of aryl methyl sites for hydroxylation is 1. The number of nitrogens with one attached hydrogen (secondary N) is 1. The zero-order valence-electron chi connectivity index (χ0n) is 22.6. The van der Waals surface area contributed by atoms with Gasteiger partial charge < -0.3 is 19.7 Å². The maximum atomic E-state index is 13.2. The van der Waals surface area contributed by atoms with E-state index >= 15 is 0 Å². The first-order chi connectivity index (χ1) is 18.1. The number of pyridine rings is 1. The fourth-order valence-corrected chi connectivity index (χ4v) is 6.23. The number of amides is 1. The number of aliphatic carboxylic acids is 1. The molecular formula is C30H36N4O4. The normalized spacial score (nSPS) is 20.9. The number of carboxylic acids is 1. The highest BCUT2D eigenvalue weighted by Gasteiger charge is 2.55. The number of ether oxygens (including phenoxy) is 1. The average Bonchev–Trinajstić information content (AvgIpc) is 3.40. The second-order valence-corrected chi connectivity index (χ2v) is 12.1. The molecule has 0 spiro atoms. The number of nitrogens with zero attached hydrogens (tertiary/aromatic N) is 3. The average molecular weight is 517 g/mol. The summed E-state index contributed by atoms with van der Waals surface area (Å²) < 4.78 is 5.79. The van der Waals surface area contributed by atoms with Crippen LogP contribution < -0.4 is 0 Å². The first-order valence-corrected chi connectivity index (χ1v) is 13.6. The fraction of sp³-hybridized carbons (Fsp3) is 0.500. The van der Waals surface area contributed by atoms with Gasteiger partial charge in [-0.05, 0) is 99.7 Å². The van der Waals surface area contributed by atoms with Crippen molar-refractivity contribution in [2.75, 3.05) is 13.1 Å². The van der Waals surface area contributed by atoms with Crippen LogP contribution in [0.1, 0.15) is 74.8 Å². The summed E-state index contributed by atoms with van der Waals surface area (Å²) in [6.07, 6.45) is 7.52. The van der Waals surface area contributed by atoms with Crippen molar-refractivity contribution < 1.29 is 19.4 Å². The van der Waals surface area contributed by atoms with E-state index in [1.54, 1.807) is 0 Å². The third-order valence-electron chi connectivity index (χ3n) is 8.41. The highest BCUT2D eigenvalue weighted by molar-refractivity contribution is 5.85. The maximum Gasteiger partial charge on any atom is 0.410 e. The van der Waals surface area contributed by atoms with Crippen molar-refractivity contribution in [2.24, 2.45) is 0 Å². The minimum atomic E-state index is -0.741. The van der Waals surface area contributed by atoms with Crippen molar-refractivity contribution in [2.45, 2.75) is 83.5 Å². The number of carboxylic acid groups (broad SMARTS) is 1. The molecule has 200 valence electrons. The summed E-state index contributed by atoms with van der Waals surface area (Å²) in [5, 5.41) is 11.1. The van der Waals surface area contributed by atoms with Crippen LogP contribution in [0.3, 0.4) is 0 Å². The number of likely N-dealkylation sites (tertiary alicyclic amines) is 1. The van der Waals surface area contributed by atoms with E-state index < -0.39 is 17.1 Å². The second-order valence-electron chi connectivity index (χ2n) is 12.1. The smallest absolute Gasteiger partial charge is 0.410 e.